The second-order valence-electron chi connectivity index (χ2n) is 9.08. The van der Waals surface area contributed by atoms with Crippen molar-refractivity contribution in [1.82, 2.24) is 9.97 Å². The van der Waals surface area contributed by atoms with Gasteiger partial charge in [-0.15, -0.1) is 0 Å². The molecule has 2 aliphatic rings. The summed E-state index contributed by atoms with van der Waals surface area (Å²) >= 11 is 0. The summed E-state index contributed by atoms with van der Waals surface area (Å²) in [7, 11) is 0. The minimum absolute atomic E-state index is 0.848. The van der Waals surface area contributed by atoms with Crippen molar-refractivity contribution in [2.45, 2.75) is 0 Å². The van der Waals surface area contributed by atoms with Crippen LogP contribution in [0.25, 0.3) is 55.3 Å². The van der Waals surface area contributed by atoms with Gasteiger partial charge in [0.15, 0.2) is 0 Å². The lowest BCUT2D eigenvalue weighted by atomic mass is 9.87. The van der Waals surface area contributed by atoms with E-state index in [4.69, 9.17) is 9.47 Å². The van der Waals surface area contributed by atoms with Crippen molar-refractivity contribution in [1.29, 1.82) is 0 Å². The quantitative estimate of drug-likeness (QED) is 0.258. The summed E-state index contributed by atoms with van der Waals surface area (Å²) in [6.07, 6.45) is 7.32. The van der Waals surface area contributed by atoms with Gasteiger partial charge in [-0.3, -0.25) is 9.97 Å². The van der Waals surface area contributed by atoms with Crippen LogP contribution in [-0.2, 0) is 0 Å². The molecule has 0 aliphatic carbocycles. The summed E-state index contributed by atoms with van der Waals surface area (Å²) in [6, 6.07) is 29.2. The van der Waals surface area contributed by atoms with Crippen LogP contribution in [0.3, 0.4) is 0 Å². The number of pyridine rings is 2. The third kappa shape index (κ3) is 2.75. The molecule has 0 radical (unpaired) electrons. The van der Waals surface area contributed by atoms with Crippen LogP contribution in [0.4, 0.5) is 0 Å². The van der Waals surface area contributed by atoms with Crippen LogP contribution in [0, 0.1) is 0 Å². The summed E-state index contributed by atoms with van der Waals surface area (Å²) in [5.74, 6) is 3.40. The zero-order chi connectivity index (χ0) is 23.6. The lowest BCUT2D eigenvalue weighted by Crippen LogP contribution is -2.02. The van der Waals surface area contributed by atoms with E-state index in [9.17, 15) is 0 Å². The highest BCUT2D eigenvalue weighted by molar-refractivity contribution is 6.14. The molecule has 0 atom stereocenters. The van der Waals surface area contributed by atoms with Crippen molar-refractivity contribution in [3.05, 3.63) is 110 Å². The number of hydrogen-bond acceptors (Lipinski definition) is 4. The molecule has 0 bridgehead atoms. The average molecular weight is 463 g/mol. The molecule has 0 saturated heterocycles. The Hall–Kier alpha value is -4.96. The van der Waals surface area contributed by atoms with Crippen LogP contribution in [0.2, 0.25) is 0 Å². The molecule has 4 aromatic carbocycles. The number of aromatic nitrogens is 2. The summed E-state index contributed by atoms with van der Waals surface area (Å²) in [4.78, 5) is 8.52. The maximum atomic E-state index is 6.47. The van der Waals surface area contributed by atoms with Crippen LogP contribution < -0.4 is 9.47 Å². The topological polar surface area (TPSA) is 44.2 Å². The minimum Gasteiger partial charge on any atom is -0.456 e. The number of ether oxygens (including phenoxy) is 2. The average Bonchev–Trinajstić information content (AvgIpc) is 2.95. The normalized spacial score (nSPS) is 12.3. The zero-order valence-corrected chi connectivity index (χ0v) is 19.1. The fourth-order valence-electron chi connectivity index (χ4n) is 5.37. The molecule has 2 aromatic heterocycles. The molecule has 6 aromatic rings. The number of rotatable bonds is 2. The van der Waals surface area contributed by atoms with Gasteiger partial charge in [-0.1, -0.05) is 36.4 Å². The summed E-state index contributed by atoms with van der Waals surface area (Å²) < 4.78 is 12.9. The van der Waals surface area contributed by atoms with Gasteiger partial charge >= 0.3 is 0 Å². The first-order valence-corrected chi connectivity index (χ1v) is 11.9. The Balaban J connectivity index is 1.30. The van der Waals surface area contributed by atoms with Crippen LogP contribution in [0.15, 0.2) is 110 Å². The van der Waals surface area contributed by atoms with E-state index in [1.807, 2.05) is 36.7 Å². The fourth-order valence-corrected chi connectivity index (χ4v) is 5.37. The van der Waals surface area contributed by atoms with E-state index in [0.29, 0.717) is 0 Å². The van der Waals surface area contributed by atoms with E-state index < -0.39 is 0 Å². The molecule has 8 rings (SSSR count). The molecule has 0 saturated carbocycles. The first-order valence-electron chi connectivity index (χ1n) is 11.9. The maximum absolute atomic E-state index is 6.47. The van der Waals surface area contributed by atoms with Gasteiger partial charge in [0.1, 0.15) is 23.0 Å². The number of benzene rings is 4. The van der Waals surface area contributed by atoms with Crippen LogP contribution in [-0.4, -0.2) is 9.97 Å². The number of fused-ring (bicyclic) bond motifs is 4. The highest BCUT2D eigenvalue weighted by Gasteiger charge is 2.28. The fraction of sp³-hybridized carbons (Fsp3) is 0. The molecule has 0 N–H and O–H groups in total. The van der Waals surface area contributed by atoms with Crippen molar-refractivity contribution < 1.29 is 9.47 Å². The molecule has 2 aliphatic heterocycles. The summed E-state index contributed by atoms with van der Waals surface area (Å²) in [6.45, 7) is 0. The first-order chi connectivity index (χ1) is 17.8. The van der Waals surface area contributed by atoms with Gasteiger partial charge in [0.05, 0.1) is 0 Å². The Morgan fingerprint density at radius 2 is 0.889 bits per heavy atom. The van der Waals surface area contributed by atoms with Gasteiger partial charge in [-0.2, -0.15) is 0 Å². The first kappa shape index (κ1) is 19.4. The Kier molecular flexibility index (Phi) is 3.91. The van der Waals surface area contributed by atoms with E-state index in [0.717, 1.165) is 78.3 Å². The van der Waals surface area contributed by atoms with E-state index >= 15 is 0 Å². The van der Waals surface area contributed by atoms with Crippen molar-refractivity contribution >= 4 is 10.8 Å². The van der Waals surface area contributed by atoms with Gasteiger partial charge < -0.3 is 9.47 Å². The Labute approximate surface area is 207 Å². The van der Waals surface area contributed by atoms with Crippen molar-refractivity contribution in [3.8, 4) is 67.5 Å². The van der Waals surface area contributed by atoms with E-state index in [1.54, 1.807) is 12.4 Å². The summed E-state index contributed by atoms with van der Waals surface area (Å²) in [5, 5.41) is 2.18. The molecule has 4 heteroatoms. The highest BCUT2D eigenvalue weighted by atomic mass is 16.5. The second-order valence-corrected chi connectivity index (χ2v) is 9.08. The molecule has 168 valence electrons. The third-order valence-corrected chi connectivity index (χ3v) is 7.06. The van der Waals surface area contributed by atoms with Gasteiger partial charge in [-0.25, -0.2) is 0 Å². The van der Waals surface area contributed by atoms with Gasteiger partial charge in [0.2, 0.25) is 0 Å². The lowest BCUT2D eigenvalue weighted by Gasteiger charge is -2.27. The minimum atomic E-state index is 0.848. The van der Waals surface area contributed by atoms with Crippen LogP contribution >= 0.6 is 0 Å². The molecule has 4 heterocycles. The third-order valence-electron chi connectivity index (χ3n) is 7.06. The molecule has 0 amide bonds. The molecule has 4 nitrogen and oxygen atoms in total. The van der Waals surface area contributed by atoms with E-state index in [2.05, 4.69) is 70.6 Å². The standard InChI is InChI=1S/C32H18N2O2/c1-3-21(17-33-13-1)19-5-7-23-25-9-10-26-24-8-6-20(22-4-2-14-34-18-22)16-30(24)36-28-12-11-27(31(25)32(26)28)35-29(23)15-19/h1-18H. The maximum Gasteiger partial charge on any atom is 0.136 e. The largest absolute Gasteiger partial charge is 0.456 e. The Bertz CT molecular complexity index is 1690. The molecular formula is C32H18N2O2. The lowest BCUT2D eigenvalue weighted by molar-refractivity contribution is 0.475. The van der Waals surface area contributed by atoms with E-state index in [-0.39, 0.29) is 0 Å². The van der Waals surface area contributed by atoms with Crippen molar-refractivity contribution in [2.24, 2.45) is 0 Å². The van der Waals surface area contributed by atoms with Crippen LogP contribution in [0.1, 0.15) is 0 Å². The number of hydrogen-bond donors (Lipinski definition) is 0. The Morgan fingerprint density at radius 3 is 1.33 bits per heavy atom. The Morgan fingerprint density at radius 1 is 0.417 bits per heavy atom. The van der Waals surface area contributed by atoms with Crippen LogP contribution in [0.5, 0.6) is 23.0 Å². The van der Waals surface area contributed by atoms with Crippen molar-refractivity contribution in [3.63, 3.8) is 0 Å². The molecule has 0 fully saturated rings. The highest BCUT2D eigenvalue weighted by Crippen LogP contribution is 2.55. The number of nitrogens with zero attached hydrogens (tertiary/aromatic N) is 2. The molecule has 0 spiro atoms. The second kappa shape index (κ2) is 7.27. The van der Waals surface area contributed by atoms with Gasteiger partial charge in [0.25, 0.3) is 0 Å². The predicted octanol–water partition coefficient (Wildman–Crippen LogP) is 8.51. The predicted molar refractivity (Wildman–Crippen MR) is 141 cm³/mol. The van der Waals surface area contributed by atoms with Gasteiger partial charge in [-0.05, 0) is 70.8 Å². The SMILES string of the molecule is c1cncc(-c2ccc3c(c2)Oc2ccc4c5c(ccc-3c25)-c2ccc(-c3cccnc3)cc2O4)c1. The molecule has 36 heavy (non-hydrogen) atoms. The zero-order valence-electron chi connectivity index (χ0n) is 19.1. The smallest absolute Gasteiger partial charge is 0.136 e. The summed E-state index contributed by atoms with van der Waals surface area (Å²) in [5.41, 5.74) is 8.77. The van der Waals surface area contributed by atoms with E-state index in [1.165, 1.54) is 0 Å². The van der Waals surface area contributed by atoms with Crippen molar-refractivity contribution in [2.75, 3.05) is 0 Å². The monoisotopic (exact) mass is 462 g/mol. The molecular weight excluding hydrogens is 444 g/mol. The van der Waals surface area contributed by atoms with Gasteiger partial charge in [0, 0.05) is 57.8 Å². The molecule has 0 unspecified atom stereocenters.